The molecule has 1 aromatic heterocycles. The molecule has 4 aromatic rings. The lowest BCUT2D eigenvalue weighted by atomic mass is 9.66. The van der Waals surface area contributed by atoms with Crippen molar-refractivity contribution in [1.82, 2.24) is 0 Å². The van der Waals surface area contributed by atoms with E-state index in [9.17, 15) is 0 Å². The Morgan fingerprint density at radius 2 is 1.42 bits per heavy atom. The van der Waals surface area contributed by atoms with Crippen LogP contribution in [0.1, 0.15) is 0 Å². The minimum atomic E-state index is 0.0860. The zero-order valence-electron chi connectivity index (χ0n) is 13.0. The van der Waals surface area contributed by atoms with Gasteiger partial charge in [0.25, 0.3) is 0 Å². The largest absolute Gasteiger partial charge is 0.406 e. The minimum Gasteiger partial charge on any atom is -0.405 e. The molecule has 3 aromatic carbocycles. The lowest BCUT2D eigenvalue weighted by molar-refractivity contribution is 1.60. The number of thiophene rings is 1. The van der Waals surface area contributed by atoms with Crippen LogP contribution in [0.25, 0.3) is 21.2 Å². The molecule has 0 amide bonds. The van der Waals surface area contributed by atoms with Gasteiger partial charge in [0.15, 0.2) is 0 Å². The molecule has 0 aliphatic carbocycles. The van der Waals surface area contributed by atoms with Crippen LogP contribution >= 0.6 is 11.3 Å². The summed E-state index contributed by atoms with van der Waals surface area (Å²) in [6.07, 6.45) is 0. The molecule has 0 bridgehead atoms. The number of hydrogen-bond acceptors (Lipinski definition) is 3. The van der Waals surface area contributed by atoms with Crippen molar-refractivity contribution >= 4 is 45.9 Å². The summed E-state index contributed by atoms with van der Waals surface area (Å²) in [7, 11) is 0. The Balaban J connectivity index is 1.51. The summed E-state index contributed by atoms with van der Waals surface area (Å²) in [5.74, 6) is 0. The Morgan fingerprint density at radius 1 is 0.708 bits per heavy atom. The summed E-state index contributed by atoms with van der Waals surface area (Å²) in [4.78, 5) is 1.31. The number of anilines is 2. The van der Waals surface area contributed by atoms with Gasteiger partial charge in [0, 0.05) is 21.6 Å². The van der Waals surface area contributed by atoms with Gasteiger partial charge in [-0.25, -0.2) is 0 Å². The van der Waals surface area contributed by atoms with Gasteiger partial charge in [-0.15, -0.1) is 11.3 Å². The third-order valence-electron chi connectivity index (χ3n) is 4.55. The highest BCUT2D eigenvalue weighted by Crippen LogP contribution is 2.33. The molecule has 0 radical (unpaired) electrons. The standard InChI is InChI=1S/C20H15BN2S/c1-4-15-5-2-7-18-20(15)17(6-1)22-21(23-18)16-11-9-14(10-12-16)19-8-3-13-24-19/h1-13,22-23H. The number of benzene rings is 3. The molecule has 0 fully saturated rings. The molecule has 4 heteroatoms. The van der Waals surface area contributed by atoms with Gasteiger partial charge < -0.3 is 10.5 Å². The summed E-state index contributed by atoms with van der Waals surface area (Å²) < 4.78 is 0. The van der Waals surface area contributed by atoms with E-state index < -0.39 is 0 Å². The first-order chi connectivity index (χ1) is 11.9. The summed E-state index contributed by atoms with van der Waals surface area (Å²) in [6.45, 7) is 0.0860. The van der Waals surface area contributed by atoms with E-state index in [2.05, 4.69) is 88.6 Å². The molecule has 0 saturated carbocycles. The molecule has 2 heterocycles. The van der Waals surface area contributed by atoms with E-state index in [0.717, 1.165) is 0 Å². The molecule has 1 aliphatic heterocycles. The van der Waals surface area contributed by atoms with Crippen LogP contribution < -0.4 is 15.9 Å². The molecule has 1 aliphatic rings. The molecule has 0 saturated heterocycles. The first-order valence-electron chi connectivity index (χ1n) is 8.07. The SMILES string of the molecule is c1csc(-c2ccc(B3Nc4cccc5cccc(c45)N3)cc2)c1. The molecule has 5 rings (SSSR count). The Morgan fingerprint density at radius 3 is 2.04 bits per heavy atom. The van der Waals surface area contributed by atoms with Crippen molar-refractivity contribution in [3.05, 3.63) is 78.2 Å². The highest BCUT2D eigenvalue weighted by molar-refractivity contribution is 7.13. The Labute approximate surface area is 145 Å². The van der Waals surface area contributed by atoms with Crippen LogP contribution in [0.5, 0.6) is 0 Å². The van der Waals surface area contributed by atoms with E-state index in [1.165, 1.54) is 38.1 Å². The van der Waals surface area contributed by atoms with Gasteiger partial charge in [0.1, 0.15) is 0 Å². The van der Waals surface area contributed by atoms with E-state index >= 15 is 0 Å². The van der Waals surface area contributed by atoms with Crippen molar-refractivity contribution < 1.29 is 0 Å². The molecule has 0 atom stereocenters. The van der Waals surface area contributed by atoms with Crippen molar-refractivity contribution in [3.8, 4) is 10.4 Å². The monoisotopic (exact) mass is 326 g/mol. The fraction of sp³-hybridized carbons (Fsp3) is 0. The van der Waals surface area contributed by atoms with Gasteiger partial charge in [-0.05, 0) is 40.0 Å². The smallest absolute Gasteiger partial charge is 0.405 e. The van der Waals surface area contributed by atoms with Gasteiger partial charge >= 0.3 is 6.98 Å². The topological polar surface area (TPSA) is 24.1 Å². The van der Waals surface area contributed by atoms with Crippen molar-refractivity contribution in [2.45, 2.75) is 0 Å². The molecule has 2 N–H and O–H groups in total. The predicted molar refractivity (Wildman–Crippen MR) is 106 cm³/mol. The van der Waals surface area contributed by atoms with Crippen molar-refractivity contribution in [2.24, 2.45) is 0 Å². The third-order valence-corrected chi connectivity index (χ3v) is 5.47. The highest BCUT2D eigenvalue weighted by atomic mass is 32.1. The summed E-state index contributed by atoms with van der Waals surface area (Å²) in [6, 6.07) is 25.9. The first-order valence-corrected chi connectivity index (χ1v) is 8.95. The minimum absolute atomic E-state index is 0.0860. The number of nitrogens with one attached hydrogen (secondary N) is 2. The Hall–Kier alpha value is -2.72. The molecule has 114 valence electrons. The van der Waals surface area contributed by atoms with Crippen LogP contribution in [0.3, 0.4) is 0 Å². The van der Waals surface area contributed by atoms with Crippen molar-refractivity contribution in [2.75, 3.05) is 10.5 Å². The second-order valence-corrected chi connectivity index (χ2v) is 6.98. The van der Waals surface area contributed by atoms with E-state index in [0.29, 0.717) is 0 Å². The summed E-state index contributed by atoms with van der Waals surface area (Å²) >= 11 is 1.77. The van der Waals surface area contributed by atoms with Gasteiger partial charge in [-0.2, -0.15) is 0 Å². The van der Waals surface area contributed by atoms with Crippen LogP contribution in [0, 0.1) is 0 Å². The van der Waals surface area contributed by atoms with Gasteiger partial charge in [-0.1, -0.05) is 54.6 Å². The van der Waals surface area contributed by atoms with E-state index in [1.807, 2.05) is 0 Å². The molecule has 0 unspecified atom stereocenters. The maximum atomic E-state index is 3.62. The Kier molecular flexibility index (Phi) is 3.10. The van der Waals surface area contributed by atoms with Crippen LogP contribution in [0.4, 0.5) is 11.4 Å². The average molecular weight is 326 g/mol. The second kappa shape index (κ2) is 5.43. The van der Waals surface area contributed by atoms with E-state index in [-0.39, 0.29) is 6.98 Å². The second-order valence-electron chi connectivity index (χ2n) is 6.03. The third kappa shape index (κ3) is 2.19. The predicted octanol–water partition coefficient (Wildman–Crippen LogP) is 4.80. The van der Waals surface area contributed by atoms with Crippen molar-refractivity contribution in [1.29, 1.82) is 0 Å². The molecule has 24 heavy (non-hydrogen) atoms. The molecular formula is C20H15BN2S. The normalized spacial score (nSPS) is 12.8. The summed E-state index contributed by atoms with van der Waals surface area (Å²) in [5, 5.41) is 11.9. The average Bonchev–Trinajstić information content (AvgIpc) is 3.17. The zero-order chi connectivity index (χ0) is 15.9. The Bertz CT molecular complexity index is 969. The van der Waals surface area contributed by atoms with Gasteiger partial charge in [-0.3, -0.25) is 0 Å². The van der Waals surface area contributed by atoms with Gasteiger partial charge in [0.2, 0.25) is 0 Å². The molecule has 2 nitrogen and oxygen atoms in total. The van der Waals surface area contributed by atoms with Crippen molar-refractivity contribution in [3.63, 3.8) is 0 Å². The first kappa shape index (κ1) is 13.7. The lowest BCUT2D eigenvalue weighted by Crippen LogP contribution is -2.47. The van der Waals surface area contributed by atoms with Crippen LogP contribution in [0.15, 0.2) is 78.2 Å². The highest BCUT2D eigenvalue weighted by Gasteiger charge is 2.25. The van der Waals surface area contributed by atoms with Crippen LogP contribution in [-0.4, -0.2) is 6.98 Å². The zero-order valence-corrected chi connectivity index (χ0v) is 13.8. The van der Waals surface area contributed by atoms with Crippen LogP contribution in [0.2, 0.25) is 0 Å². The molecular weight excluding hydrogens is 311 g/mol. The lowest BCUT2D eigenvalue weighted by Gasteiger charge is -2.26. The van der Waals surface area contributed by atoms with Gasteiger partial charge in [0.05, 0.1) is 0 Å². The fourth-order valence-electron chi connectivity index (χ4n) is 3.38. The van der Waals surface area contributed by atoms with E-state index in [1.54, 1.807) is 11.3 Å². The number of hydrogen-bond donors (Lipinski definition) is 2. The van der Waals surface area contributed by atoms with Crippen LogP contribution in [-0.2, 0) is 0 Å². The molecule has 0 spiro atoms. The maximum Gasteiger partial charge on any atom is 0.406 e. The number of rotatable bonds is 2. The maximum absolute atomic E-state index is 3.62. The quantitative estimate of drug-likeness (QED) is 0.517. The summed E-state index contributed by atoms with van der Waals surface area (Å²) in [5.41, 5.74) is 4.89. The van der Waals surface area contributed by atoms with E-state index in [4.69, 9.17) is 0 Å². The fourth-order valence-corrected chi connectivity index (χ4v) is 4.11.